The van der Waals surface area contributed by atoms with Crippen LogP contribution in [0.15, 0.2) is 36.4 Å². The minimum Gasteiger partial charge on any atom is -0.497 e. The Hall–Kier alpha value is -4.09. The average molecular weight is 660 g/mol. The molecule has 250 valence electrons. The molecule has 0 unspecified atom stereocenters. The van der Waals surface area contributed by atoms with E-state index in [4.69, 9.17) is 9.02 Å². The van der Waals surface area contributed by atoms with E-state index >= 15 is 0 Å². The lowest BCUT2D eigenvalue weighted by Gasteiger charge is -2.24. The van der Waals surface area contributed by atoms with Crippen LogP contribution in [0.5, 0.6) is 5.75 Å². The number of hydrogen-bond acceptors (Lipinski definition) is 7. The molecule has 0 spiro atoms. The molecule has 11 heteroatoms. The number of rotatable bonds is 9. The van der Waals surface area contributed by atoms with Crippen molar-refractivity contribution in [3.8, 4) is 17.0 Å². The van der Waals surface area contributed by atoms with Gasteiger partial charge in [0.05, 0.1) is 19.3 Å². The first-order chi connectivity index (χ1) is 22.7. The molecule has 1 amide bonds. The van der Waals surface area contributed by atoms with Crippen LogP contribution >= 0.6 is 12.0 Å². The average Bonchev–Trinajstić information content (AvgIpc) is 3.61. The number of allylic oxidation sites excluding steroid dienone is 1. The number of methoxy groups -OCH3 is 1. The highest BCUT2D eigenvalue weighted by Gasteiger charge is 2.32. The van der Waals surface area contributed by atoms with Crippen LogP contribution < -0.4 is 10.2 Å². The number of amides is 1. The summed E-state index contributed by atoms with van der Waals surface area (Å²) in [6.07, 6.45) is 7.79. The van der Waals surface area contributed by atoms with E-state index < -0.39 is 5.97 Å². The van der Waals surface area contributed by atoms with Crippen molar-refractivity contribution in [1.82, 2.24) is 25.0 Å². The van der Waals surface area contributed by atoms with Crippen molar-refractivity contribution in [2.45, 2.75) is 97.4 Å². The number of carbonyl (C=O) groups is 2. The van der Waals surface area contributed by atoms with Crippen LogP contribution in [-0.4, -0.2) is 48.9 Å². The number of aromatic carboxylic acids is 1. The molecule has 3 heterocycles. The lowest BCUT2D eigenvalue weighted by Crippen LogP contribution is -2.21. The summed E-state index contributed by atoms with van der Waals surface area (Å²) in [5.74, 6) is -0.395. The maximum atomic E-state index is 13.2. The molecule has 0 saturated heterocycles. The lowest BCUT2D eigenvalue weighted by atomic mass is 9.81. The third kappa shape index (κ3) is 6.82. The van der Waals surface area contributed by atoms with Crippen molar-refractivity contribution in [2.75, 3.05) is 7.11 Å². The zero-order chi connectivity index (χ0) is 33.8. The summed E-state index contributed by atoms with van der Waals surface area (Å²) in [6, 6.07) is 11.8. The van der Waals surface area contributed by atoms with Crippen LogP contribution in [0.3, 0.4) is 0 Å². The van der Waals surface area contributed by atoms with Gasteiger partial charge in [-0.3, -0.25) is 4.79 Å². The smallest absolute Gasteiger partial charge is 0.358 e. The van der Waals surface area contributed by atoms with Gasteiger partial charge in [0, 0.05) is 50.9 Å². The van der Waals surface area contributed by atoms with Gasteiger partial charge in [-0.25, -0.2) is 19.2 Å². The second kappa shape index (κ2) is 14.8. The number of nitrogens with one attached hydrogen (secondary N) is 1. The number of benzene rings is 2. The SMILES string of the molecule is CC.COc1ccc2c(c1)C=C(c1c(C(=O)O)nnn1C(C)C)Cn1c-2c(C2CCCCC2)c2ccc(C(=O)NOSC(C)C)cc21. The van der Waals surface area contributed by atoms with E-state index in [9.17, 15) is 14.7 Å². The van der Waals surface area contributed by atoms with Crippen LogP contribution in [0, 0.1) is 0 Å². The normalized spacial score (nSPS) is 14.6. The first kappa shape index (κ1) is 34.3. The summed E-state index contributed by atoms with van der Waals surface area (Å²) in [6.45, 7) is 12.3. The van der Waals surface area contributed by atoms with E-state index in [2.05, 4.69) is 32.5 Å². The molecular formula is C36H45N5O5S. The first-order valence-electron chi connectivity index (χ1n) is 16.5. The van der Waals surface area contributed by atoms with Crippen LogP contribution in [0.2, 0.25) is 0 Å². The molecule has 1 saturated carbocycles. The van der Waals surface area contributed by atoms with Gasteiger partial charge >= 0.3 is 5.97 Å². The molecular weight excluding hydrogens is 614 g/mol. The van der Waals surface area contributed by atoms with E-state index in [-0.39, 0.29) is 22.9 Å². The van der Waals surface area contributed by atoms with E-state index in [1.54, 1.807) is 11.8 Å². The first-order valence-corrected chi connectivity index (χ1v) is 17.3. The fraction of sp³-hybridized carbons (Fsp3) is 0.444. The summed E-state index contributed by atoms with van der Waals surface area (Å²) in [5.41, 5.74) is 9.41. The molecule has 1 aliphatic carbocycles. The van der Waals surface area contributed by atoms with Gasteiger partial charge < -0.3 is 14.4 Å². The second-order valence-corrected chi connectivity index (χ2v) is 13.6. The van der Waals surface area contributed by atoms with Gasteiger partial charge in [-0.2, -0.15) is 0 Å². The Morgan fingerprint density at radius 2 is 1.77 bits per heavy atom. The number of carboxylic acid groups (broad SMARTS) is 1. The van der Waals surface area contributed by atoms with Crippen LogP contribution in [0.1, 0.15) is 123 Å². The number of aromatic nitrogens is 4. The predicted molar refractivity (Wildman–Crippen MR) is 188 cm³/mol. The molecule has 0 radical (unpaired) electrons. The molecule has 2 aromatic carbocycles. The quantitative estimate of drug-likeness (QED) is 0.136. The van der Waals surface area contributed by atoms with Gasteiger partial charge in [0.2, 0.25) is 0 Å². The van der Waals surface area contributed by atoms with Gasteiger partial charge in [0.15, 0.2) is 5.69 Å². The minimum absolute atomic E-state index is 0.0910. The summed E-state index contributed by atoms with van der Waals surface area (Å²) in [7, 11) is 1.64. The Morgan fingerprint density at radius 1 is 1.02 bits per heavy atom. The number of nitrogens with zero attached hydrogens (tertiary/aromatic N) is 4. The van der Waals surface area contributed by atoms with Crippen molar-refractivity contribution >= 4 is 46.5 Å². The molecule has 2 aromatic heterocycles. The van der Waals surface area contributed by atoms with E-state index in [1.165, 1.54) is 36.9 Å². The van der Waals surface area contributed by atoms with Gasteiger partial charge in [-0.15, -0.1) is 5.10 Å². The monoisotopic (exact) mass is 659 g/mol. The van der Waals surface area contributed by atoms with Crippen molar-refractivity contribution in [3.63, 3.8) is 0 Å². The Kier molecular flexibility index (Phi) is 10.8. The predicted octanol–water partition coefficient (Wildman–Crippen LogP) is 8.53. The molecule has 4 aromatic rings. The number of ether oxygens (including phenoxy) is 1. The molecule has 0 bridgehead atoms. The minimum atomic E-state index is -1.13. The van der Waals surface area contributed by atoms with E-state index in [0.717, 1.165) is 46.1 Å². The number of carbonyl (C=O) groups excluding carboxylic acids is 1. The van der Waals surface area contributed by atoms with E-state index in [0.29, 0.717) is 29.5 Å². The lowest BCUT2D eigenvalue weighted by molar-refractivity contribution is 0.0689. The Morgan fingerprint density at radius 3 is 2.43 bits per heavy atom. The van der Waals surface area contributed by atoms with Gasteiger partial charge in [0.25, 0.3) is 5.91 Å². The van der Waals surface area contributed by atoms with Crippen LogP contribution in [-0.2, 0) is 10.8 Å². The third-order valence-corrected chi connectivity index (χ3v) is 9.18. The molecule has 2 aliphatic rings. The molecule has 6 rings (SSSR count). The van der Waals surface area contributed by atoms with Crippen molar-refractivity contribution < 1.29 is 23.7 Å². The van der Waals surface area contributed by atoms with Crippen molar-refractivity contribution in [2.24, 2.45) is 0 Å². The van der Waals surface area contributed by atoms with Gasteiger partial charge in [0.1, 0.15) is 11.4 Å². The van der Waals surface area contributed by atoms with Crippen LogP contribution in [0.25, 0.3) is 33.8 Å². The van der Waals surface area contributed by atoms with Crippen molar-refractivity contribution in [1.29, 1.82) is 0 Å². The fourth-order valence-corrected chi connectivity index (χ4v) is 6.96. The zero-order valence-electron chi connectivity index (χ0n) is 28.3. The number of hydrogen-bond donors (Lipinski definition) is 2. The molecule has 0 atom stereocenters. The number of fused-ring (bicyclic) bond motifs is 5. The number of carboxylic acids is 1. The Balaban J connectivity index is 0.00000213. The molecule has 2 N–H and O–H groups in total. The highest BCUT2D eigenvalue weighted by molar-refractivity contribution is 7.95. The molecule has 1 fully saturated rings. The highest BCUT2D eigenvalue weighted by Crippen LogP contribution is 2.48. The van der Waals surface area contributed by atoms with Crippen molar-refractivity contribution in [3.05, 3.63) is 64.5 Å². The van der Waals surface area contributed by atoms with E-state index in [1.807, 2.05) is 71.9 Å². The molecule has 10 nitrogen and oxygen atoms in total. The van der Waals surface area contributed by atoms with Gasteiger partial charge in [-0.1, -0.05) is 58.2 Å². The maximum absolute atomic E-state index is 13.2. The molecule has 1 aliphatic heterocycles. The molecule has 47 heavy (non-hydrogen) atoms. The third-order valence-electron chi connectivity index (χ3n) is 8.62. The maximum Gasteiger partial charge on any atom is 0.358 e. The topological polar surface area (TPSA) is 121 Å². The highest BCUT2D eigenvalue weighted by atomic mass is 32.2. The Bertz CT molecular complexity index is 1800. The second-order valence-electron chi connectivity index (χ2n) is 12.3. The largest absolute Gasteiger partial charge is 0.497 e. The summed E-state index contributed by atoms with van der Waals surface area (Å²) >= 11 is 1.19. The summed E-state index contributed by atoms with van der Waals surface area (Å²) in [4.78, 5) is 25.6. The fourth-order valence-electron chi connectivity index (χ4n) is 6.64. The van der Waals surface area contributed by atoms with Crippen LogP contribution in [0.4, 0.5) is 0 Å². The summed E-state index contributed by atoms with van der Waals surface area (Å²) < 4.78 is 14.9. The van der Waals surface area contributed by atoms with Gasteiger partial charge in [-0.05, 0) is 80.1 Å². The summed E-state index contributed by atoms with van der Waals surface area (Å²) in [5, 5.41) is 19.8. The zero-order valence-corrected chi connectivity index (χ0v) is 29.1. The standard InChI is InChI=1S/C34H39N5O5S.C2H6/c1-19(2)39-31(30(34(41)42)35-37-39)24-15-23-16-25(43-5)12-14-26(23)32-29(21-9-7-6-8-10-21)27-13-11-22(17-28(27)38(32)18-24)33(40)36-44-45-20(3)4;1-2/h11-17,19-21H,6-10,18H2,1-5H3,(H,36,40)(H,41,42);1-2H3. The number of hydroxylamine groups is 1. The Labute approximate surface area is 280 Å².